The molecule has 1 aliphatic carbocycles. The van der Waals surface area contributed by atoms with E-state index in [4.69, 9.17) is 5.73 Å². The number of anilines is 2. The third-order valence-electron chi connectivity index (χ3n) is 2.28. The molecule has 1 fully saturated rings. The molecule has 1 heterocycles. The second-order valence-electron chi connectivity index (χ2n) is 3.56. The van der Waals surface area contributed by atoms with Crippen molar-refractivity contribution in [2.75, 3.05) is 17.6 Å². The lowest BCUT2D eigenvalue weighted by molar-refractivity contribution is 0.0972. The normalized spacial score (nSPS) is 15.5. The van der Waals surface area contributed by atoms with Crippen LogP contribution in [0.15, 0.2) is 6.07 Å². The first-order valence-electron chi connectivity index (χ1n) is 4.89. The van der Waals surface area contributed by atoms with Gasteiger partial charge in [0.25, 0.3) is 0 Å². The predicted octanol–water partition coefficient (Wildman–Crippen LogP) is 2.35. The standard InChI is InChI=1S/C10H14N2OS/c1-2-12-8-5-7(11)10(14-8)9(13)6-3-4-6/h5-6,12H,2-4,11H2,1H3. The molecule has 0 unspecified atom stereocenters. The lowest BCUT2D eigenvalue weighted by atomic mass is 10.2. The Balaban J connectivity index is 2.19. The van der Waals surface area contributed by atoms with Crippen LogP contribution in [-0.4, -0.2) is 12.3 Å². The zero-order valence-electron chi connectivity index (χ0n) is 8.17. The molecule has 0 aromatic carbocycles. The van der Waals surface area contributed by atoms with E-state index in [9.17, 15) is 4.79 Å². The lowest BCUT2D eigenvalue weighted by Gasteiger charge is -1.95. The van der Waals surface area contributed by atoms with Gasteiger partial charge < -0.3 is 11.1 Å². The monoisotopic (exact) mass is 210 g/mol. The van der Waals surface area contributed by atoms with Gasteiger partial charge in [0.2, 0.25) is 0 Å². The summed E-state index contributed by atoms with van der Waals surface area (Å²) in [5.41, 5.74) is 6.42. The highest BCUT2D eigenvalue weighted by atomic mass is 32.1. The van der Waals surface area contributed by atoms with E-state index in [1.807, 2.05) is 13.0 Å². The Bertz CT molecular complexity index is 355. The highest BCUT2D eigenvalue weighted by molar-refractivity contribution is 7.18. The van der Waals surface area contributed by atoms with Crippen LogP contribution in [0.2, 0.25) is 0 Å². The molecule has 3 nitrogen and oxygen atoms in total. The van der Waals surface area contributed by atoms with Crippen LogP contribution in [0.1, 0.15) is 29.4 Å². The van der Waals surface area contributed by atoms with Gasteiger partial charge in [-0.05, 0) is 25.8 Å². The number of Topliss-reactive ketones (excluding diaryl/α,β-unsaturated/α-hetero) is 1. The van der Waals surface area contributed by atoms with E-state index in [1.165, 1.54) is 11.3 Å². The Morgan fingerprint density at radius 1 is 1.71 bits per heavy atom. The van der Waals surface area contributed by atoms with Gasteiger partial charge in [-0.1, -0.05) is 0 Å². The van der Waals surface area contributed by atoms with Crippen LogP contribution in [0.25, 0.3) is 0 Å². The number of nitrogens with two attached hydrogens (primary N) is 1. The van der Waals surface area contributed by atoms with Crippen LogP contribution in [-0.2, 0) is 0 Å². The first-order valence-corrected chi connectivity index (χ1v) is 5.71. The molecular formula is C10H14N2OS. The molecule has 76 valence electrons. The lowest BCUT2D eigenvalue weighted by Crippen LogP contribution is -2.01. The summed E-state index contributed by atoms with van der Waals surface area (Å²) < 4.78 is 0. The number of ketones is 1. The van der Waals surface area contributed by atoms with Crippen LogP contribution in [0.3, 0.4) is 0 Å². The molecule has 4 heteroatoms. The van der Waals surface area contributed by atoms with E-state index in [0.29, 0.717) is 5.69 Å². The Kier molecular flexibility index (Phi) is 2.46. The molecule has 14 heavy (non-hydrogen) atoms. The maximum Gasteiger partial charge on any atom is 0.178 e. The summed E-state index contributed by atoms with van der Waals surface area (Å²) in [6.45, 7) is 2.88. The fourth-order valence-electron chi connectivity index (χ4n) is 1.39. The molecule has 0 aliphatic heterocycles. The fourth-order valence-corrected chi connectivity index (χ4v) is 2.46. The Hall–Kier alpha value is -1.03. The Morgan fingerprint density at radius 3 is 3.00 bits per heavy atom. The molecule has 0 spiro atoms. The number of rotatable bonds is 4. The minimum Gasteiger partial charge on any atom is -0.397 e. The summed E-state index contributed by atoms with van der Waals surface area (Å²) in [6, 6.07) is 1.85. The number of thiophene rings is 1. The number of nitrogen functional groups attached to an aromatic ring is 1. The summed E-state index contributed by atoms with van der Waals surface area (Å²) in [7, 11) is 0. The highest BCUT2D eigenvalue weighted by Crippen LogP contribution is 2.38. The largest absolute Gasteiger partial charge is 0.397 e. The van der Waals surface area contributed by atoms with Gasteiger partial charge >= 0.3 is 0 Å². The van der Waals surface area contributed by atoms with E-state index in [1.54, 1.807) is 0 Å². The van der Waals surface area contributed by atoms with E-state index in [-0.39, 0.29) is 11.7 Å². The van der Waals surface area contributed by atoms with E-state index >= 15 is 0 Å². The third kappa shape index (κ3) is 1.75. The van der Waals surface area contributed by atoms with Crippen molar-refractivity contribution in [3.63, 3.8) is 0 Å². The molecule has 1 aromatic rings. The SMILES string of the molecule is CCNc1cc(N)c(C(=O)C2CC2)s1. The topological polar surface area (TPSA) is 55.1 Å². The first-order chi connectivity index (χ1) is 6.72. The van der Waals surface area contributed by atoms with Crippen molar-refractivity contribution in [2.24, 2.45) is 5.92 Å². The summed E-state index contributed by atoms with van der Waals surface area (Å²) in [5.74, 6) is 0.488. The highest BCUT2D eigenvalue weighted by Gasteiger charge is 2.32. The van der Waals surface area contributed by atoms with Crippen LogP contribution in [0.4, 0.5) is 10.7 Å². The summed E-state index contributed by atoms with van der Waals surface area (Å²) >= 11 is 1.47. The van der Waals surface area contributed by atoms with Gasteiger partial charge in [0.05, 0.1) is 15.6 Å². The summed E-state index contributed by atoms with van der Waals surface area (Å²) in [4.78, 5) is 12.5. The van der Waals surface area contributed by atoms with Crippen LogP contribution < -0.4 is 11.1 Å². The van der Waals surface area contributed by atoms with E-state index in [2.05, 4.69) is 5.32 Å². The van der Waals surface area contributed by atoms with Crippen molar-refractivity contribution in [1.82, 2.24) is 0 Å². The maximum atomic E-state index is 11.7. The fraction of sp³-hybridized carbons (Fsp3) is 0.500. The van der Waals surface area contributed by atoms with Gasteiger partial charge in [-0.25, -0.2) is 0 Å². The number of carbonyl (C=O) groups excluding carboxylic acids is 1. The summed E-state index contributed by atoms with van der Waals surface area (Å²) in [6.07, 6.45) is 2.07. The van der Waals surface area contributed by atoms with Crippen LogP contribution >= 0.6 is 11.3 Å². The summed E-state index contributed by atoms with van der Waals surface area (Å²) in [5, 5.41) is 4.16. The zero-order chi connectivity index (χ0) is 10.1. The van der Waals surface area contributed by atoms with Crippen molar-refractivity contribution in [3.8, 4) is 0 Å². The molecule has 0 radical (unpaired) electrons. The molecule has 0 atom stereocenters. The first kappa shape index (κ1) is 9.52. The second-order valence-corrected chi connectivity index (χ2v) is 4.62. The van der Waals surface area contributed by atoms with Crippen molar-refractivity contribution < 1.29 is 4.79 Å². The van der Waals surface area contributed by atoms with Gasteiger partial charge in [-0.15, -0.1) is 11.3 Å². The molecule has 3 N–H and O–H groups in total. The average molecular weight is 210 g/mol. The number of carbonyl (C=O) groups is 1. The zero-order valence-corrected chi connectivity index (χ0v) is 8.99. The minimum absolute atomic E-state index is 0.233. The van der Waals surface area contributed by atoms with Crippen LogP contribution in [0.5, 0.6) is 0 Å². The van der Waals surface area contributed by atoms with E-state index < -0.39 is 0 Å². The van der Waals surface area contributed by atoms with Gasteiger partial charge in [-0.2, -0.15) is 0 Å². The molecular weight excluding hydrogens is 196 g/mol. The van der Waals surface area contributed by atoms with Crippen LogP contribution in [0, 0.1) is 5.92 Å². The van der Waals surface area contributed by atoms with Crippen molar-refractivity contribution >= 4 is 27.8 Å². The number of nitrogens with one attached hydrogen (secondary N) is 1. The van der Waals surface area contributed by atoms with E-state index in [0.717, 1.165) is 29.3 Å². The number of hydrogen-bond donors (Lipinski definition) is 2. The van der Waals surface area contributed by atoms with Gasteiger partial charge in [0.1, 0.15) is 0 Å². The molecule has 1 aromatic heterocycles. The number of hydrogen-bond acceptors (Lipinski definition) is 4. The smallest absolute Gasteiger partial charge is 0.178 e. The van der Waals surface area contributed by atoms with Crippen molar-refractivity contribution in [2.45, 2.75) is 19.8 Å². The second kappa shape index (κ2) is 3.61. The molecule has 0 amide bonds. The van der Waals surface area contributed by atoms with Gasteiger partial charge in [0.15, 0.2) is 5.78 Å². The molecule has 1 aliphatic rings. The van der Waals surface area contributed by atoms with Gasteiger partial charge in [0, 0.05) is 12.5 Å². The average Bonchev–Trinajstić information content (AvgIpc) is 2.91. The molecule has 2 rings (SSSR count). The van der Waals surface area contributed by atoms with Crippen molar-refractivity contribution in [1.29, 1.82) is 0 Å². The quantitative estimate of drug-likeness (QED) is 0.750. The Morgan fingerprint density at radius 2 is 2.43 bits per heavy atom. The third-order valence-corrected chi connectivity index (χ3v) is 3.41. The van der Waals surface area contributed by atoms with Crippen molar-refractivity contribution in [3.05, 3.63) is 10.9 Å². The minimum atomic E-state index is 0.233. The Labute approximate surface area is 87.3 Å². The molecule has 0 bridgehead atoms. The maximum absolute atomic E-state index is 11.7. The molecule has 0 saturated heterocycles. The predicted molar refractivity (Wildman–Crippen MR) is 59.9 cm³/mol. The molecule has 1 saturated carbocycles. The van der Waals surface area contributed by atoms with Gasteiger partial charge in [-0.3, -0.25) is 4.79 Å².